The van der Waals surface area contributed by atoms with Crippen molar-refractivity contribution in [1.29, 1.82) is 0 Å². The molecule has 3 heteroatoms. The molecule has 0 aliphatic heterocycles. The number of aliphatic hydroxyl groups is 1. The van der Waals surface area contributed by atoms with E-state index < -0.39 is 5.97 Å². The smallest absolute Gasteiger partial charge is 0.335 e. The number of aliphatic carboxylic acids is 1. The van der Waals surface area contributed by atoms with Gasteiger partial charge in [0.25, 0.3) is 0 Å². The van der Waals surface area contributed by atoms with Gasteiger partial charge in [-0.05, 0) is 17.9 Å². The van der Waals surface area contributed by atoms with E-state index in [0.717, 1.165) is 0 Å². The van der Waals surface area contributed by atoms with E-state index in [-0.39, 0.29) is 16.7 Å². The van der Waals surface area contributed by atoms with Crippen molar-refractivity contribution < 1.29 is 15.0 Å². The molecule has 0 unspecified atom stereocenters. The molecule has 0 aromatic carbocycles. The highest BCUT2D eigenvalue weighted by Crippen LogP contribution is 2.32. The van der Waals surface area contributed by atoms with E-state index in [0.29, 0.717) is 6.42 Å². The molecule has 3 nitrogen and oxygen atoms in total. The molecule has 0 saturated carbocycles. The van der Waals surface area contributed by atoms with Crippen LogP contribution in [-0.4, -0.2) is 16.2 Å². The van der Waals surface area contributed by atoms with Crippen molar-refractivity contribution in [3.05, 3.63) is 23.5 Å². The lowest BCUT2D eigenvalue weighted by Gasteiger charge is -2.24. The lowest BCUT2D eigenvalue weighted by atomic mass is 9.81. The summed E-state index contributed by atoms with van der Waals surface area (Å²) in [6, 6.07) is 0. The molecule has 0 saturated heterocycles. The van der Waals surface area contributed by atoms with Gasteiger partial charge in [-0.25, -0.2) is 4.79 Å². The molecule has 66 valence electrons. The number of carbonyl (C=O) groups is 1. The van der Waals surface area contributed by atoms with Crippen molar-refractivity contribution in [3.8, 4) is 0 Å². The number of allylic oxidation sites excluding steroid dienone is 2. The van der Waals surface area contributed by atoms with Gasteiger partial charge in [-0.1, -0.05) is 19.9 Å². The van der Waals surface area contributed by atoms with E-state index in [1.807, 2.05) is 19.9 Å². The Hall–Kier alpha value is -1.25. The van der Waals surface area contributed by atoms with E-state index in [2.05, 4.69) is 0 Å². The molecule has 0 aromatic heterocycles. The van der Waals surface area contributed by atoms with Crippen LogP contribution in [0.3, 0.4) is 0 Å². The van der Waals surface area contributed by atoms with Crippen LogP contribution in [-0.2, 0) is 4.79 Å². The fraction of sp³-hybridized carbons (Fsp3) is 0.444. The summed E-state index contributed by atoms with van der Waals surface area (Å²) >= 11 is 0. The average molecular weight is 168 g/mol. The zero-order valence-electron chi connectivity index (χ0n) is 7.16. The molecule has 0 fully saturated rings. The quantitative estimate of drug-likeness (QED) is 0.628. The average Bonchev–Trinajstić information content (AvgIpc) is 1.94. The number of carboxylic acids is 1. The molecule has 0 aromatic rings. The van der Waals surface area contributed by atoms with E-state index in [4.69, 9.17) is 5.11 Å². The molecule has 0 bridgehead atoms. The molecule has 0 radical (unpaired) electrons. The number of carboxylic acid groups (broad SMARTS) is 1. The first-order valence-electron chi connectivity index (χ1n) is 3.77. The third-order valence-electron chi connectivity index (χ3n) is 1.89. The van der Waals surface area contributed by atoms with E-state index >= 15 is 0 Å². The SMILES string of the molecule is CC1(C)C=CC(O)=C(C(=O)O)C1. The topological polar surface area (TPSA) is 57.5 Å². The summed E-state index contributed by atoms with van der Waals surface area (Å²) in [6.45, 7) is 3.86. The number of aliphatic hydroxyl groups excluding tert-OH is 1. The van der Waals surface area contributed by atoms with Crippen LogP contribution in [0.25, 0.3) is 0 Å². The Bertz CT molecular complexity index is 271. The first-order valence-corrected chi connectivity index (χ1v) is 3.77. The van der Waals surface area contributed by atoms with Crippen LogP contribution in [0.1, 0.15) is 20.3 Å². The van der Waals surface area contributed by atoms with Crippen LogP contribution < -0.4 is 0 Å². The van der Waals surface area contributed by atoms with Crippen LogP contribution in [0.15, 0.2) is 23.5 Å². The summed E-state index contributed by atoms with van der Waals surface area (Å²) in [6.07, 6.45) is 3.65. The van der Waals surface area contributed by atoms with Gasteiger partial charge in [0.1, 0.15) is 5.76 Å². The predicted molar refractivity (Wildman–Crippen MR) is 44.8 cm³/mol. The maximum absolute atomic E-state index is 10.6. The summed E-state index contributed by atoms with van der Waals surface area (Å²) in [5.41, 5.74) is -0.0672. The first-order chi connectivity index (χ1) is 5.42. The van der Waals surface area contributed by atoms with Gasteiger partial charge in [0, 0.05) is 0 Å². The molecule has 1 rings (SSSR count). The van der Waals surface area contributed by atoms with Crippen molar-refractivity contribution in [2.24, 2.45) is 5.41 Å². The minimum absolute atomic E-state index is 0.0995. The molecule has 0 amide bonds. The Morgan fingerprint density at radius 2 is 2.17 bits per heavy atom. The number of rotatable bonds is 1. The normalized spacial score (nSPS) is 21.2. The zero-order chi connectivity index (χ0) is 9.35. The number of hydrogen-bond acceptors (Lipinski definition) is 2. The van der Waals surface area contributed by atoms with Gasteiger partial charge in [-0.15, -0.1) is 0 Å². The lowest BCUT2D eigenvalue weighted by molar-refractivity contribution is -0.133. The van der Waals surface area contributed by atoms with Crippen LogP contribution in [0.2, 0.25) is 0 Å². The monoisotopic (exact) mass is 168 g/mol. The van der Waals surface area contributed by atoms with Crippen molar-refractivity contribution >= 4 is 5.97 Å². The summed E-state index contributed by atoms with van der Waals surface area (Å²) in [7, 11) is 0. The molecule has 0 spiro atoms. The van der Waals surface area contributed by atoms with Crippen molar-refractivity contribution in [2.75, 3.05) is 0 Å². The second-order valence-electron chi connectivity index (χ2n) is 3.67. The van der Waals surface area contributed by atoms with Crippen molar-refractivity contribution in [1.82, 2.24) is 0 Å². The highest BCUT2D eigenvalue weighted by molar-refractivity contribution is 5.88. The largest absolute Gasteiger partial charge is 0.507 e. The van der Waals surface area contributed by atoms with E-state index in [1.54, 1.807) is 0 Å². The zero-order valence-corrected chi connectivity index (χ0v) is 7.16. The third kappa shape index (κ3) is 1.67. The Kier molecular flexibility index (Phi) is 1.96. The van der Waals surface area contributed by atoms with Crippen LogP contribution in [0.5, 0.6) is 0 Å². The summed E-state index contributed by atoms with van der Waals surface area (Å²) < 4.78 is 0. The van der Waals surface area contributed by atoms with E-state index in [9.17, 15) is 9.90 Å². The fourth-order valence-electron chi connectivity index (χ4n) is 1.20. The molecule has 0 heterocycles. The molecule has 12 heavy (non-hydrogen) atoms. The minimum Gasteiger partial charge on any atom is -0.507 e. The second kappa shape index (κ2) is 2.66. The predicted octanol–water partition coefficient (Wildman–Crippen LogP) is 1.87. The molecule has 1 aliphatic rings. The summed E-state index contributed by atoms with van der Waals surface area (Å²) in [5.74, 6) is -1.16. The van der Waals surface area contributed by atoms with Crippen LogP contribution in [0, 0.1) is 5.41 Å². The highest BCUT2D eigenvalue weighted by Gasteiger charge is 2.26. The fourth-order valence-corrected chi connectivity index (χ4v) is 1.20. The minimum atomic E-state index is -1.04. The van der Waals surface area contributed by atoms with Gasteiger partial charge in [0.05, 0.1) is 5.57 Å². The molecular weight excluding hydrogens is 156 g/mol. The second-order valence-corrected chi connectivity index (χ2v) is 3.67. The molecule has 1 aliphatic carbocycles. The van der Waals surface area contributed by atoms with Crippen LogP contribution >= 0.6 is 0 Å². The highest BCUT2D eigenvalue weighted by atomic mass is 16.4. The van der Waals surface area contributed by atoms with Gasteiger partial charge in [0.15, 0.2) is 0 Å². The maximum Gasteiger partial charge on any atom is 0.335 e. The summed E-state index contributed by atoms with van der Waals surface area (Å²) in [4.78, 5) is 10.6. The molecular formula is C9H12O3. The van der Waals surface area contributed by atoms with Gasteiger partial charge in [-0.3, -0.25) is 0 Å². The lowest BCUT2D eigenvalue weighted by Crippen LogP contribution is -2.18. The molecule has 0 atom stereocenters. The van der Waals surface area contributed by atoms with Gasteiger partial charge >= 0.3 is 5.97 Å². The first kappa shape index (κ1) is 8.84. The standard InChI is InChI=1S/C9H12O3/c1-9(2)4-3-7(10)6(5-9)8(11)12/h3-4,10H,5H2,1-2H3,(H,11,12). The Morgan fingerprint density at radius 1 is 1.58 bits per heavy atom. The van der Waals surface area contributed by atoms with Crippen molar-refractivity contribution in [3.63, 3.8) is 0 Å². The van der Waals surface area contributed by atoms with Crippen LogP contribution in [0.4, 0.5) is 0 Å². The summed E-state index contributed by atoms with van der Waals surface area (Å²) in [5, 5.41) is 17.9. The third-order valence-corrected chi connectivity index (χ3v) is 1.89. The van der Waals surface area contributed by atoms with Gasteiger partial charge < -0.3 is 10.2 Å². The van der Waals surface area contributed by atoms with Gasteiger partial charge in [0.2, 0.25) is 0 Å². The van der Waals surface area contributed by atoms with Gasteiger partial charge in [-0.2, -0.15) is 0 Å². The Morgan fingerprint density at radius 3 is 2.58 bits per heavy atom. The molecule has 2 N–H and O–H groups in total. The maximum atomic E-state index is 10.6. The Labute approximate surface area is 71.0 Å². The van der Waals surface area contributed by atoms with E-state index in [1.165, 1.54) is 6.08 Å². The van der Waals surface area contributed by atoms with Crippen molar-refractivity contribution in [2.45, 2.75) is 20.3 Å². The Balaban J connectivity index is 2.99. The number of hydrogen-bond donors (Lipinski definition) is 2.